The first-order valence-corrected chi connectivity index (χ1v) is 30.4. The molecule has 0 saturated heterocycles. The van der Waals surface area contributed by atoms with Crippen LogP contribution in [0.2, 0.25) is 0 Å². The Morgan fingerprint density at radius 3 is 2.07 bits per heavy atom. The second-order valence-corrected chi connectivity index (χ2v) is 23.3. The number of ether oxygens (including phenoxy) is 4. The molecule has 19 heteroatoms. The normalized spacial score (nSPS) is 17.3. The Morgan fingerprint density at radius 1 is 0.713 bits per heavy atom. The van der Waals surface area contributed by atoms with Crippen LogP contribution in [0.25, 0.3) is 11.1 Å². The van der Waals surface area contributed by atoms with Crippen LogP contribution < -0.4 is 34.9 Å². The van der Waals surface area contributed by atoms with Crippen LogP contribution in [0, 0.1) is 18.8 Å². The average molecular weight is 1190 g/mol. The van der Waals surface area contributed by atoms with Crippen molar-refractivity contribution in [2.75, 3.05) is 45.8 Å². The van der Waals surface area contributed by atoms with Crippen LogP contribution in [0.3, 0.4) is 0 Å². The monoisotopic (exact) mass is 1190 g/mol. The number of aryl methyl sites for hydroxylation is 2. The molecule has 0 aromatic heterocycles. The van der Waals surface area contributed by atoms with Crippen molar-refractivity contribution in [2.24, 2.45) is 16.8 Å². The van der Waals surface area contributed by atoms with E-state index in [1.165, 1.54) is 24.0 Å². The van der Waals surface area contributed by atoms with Gasteiger partial charge in [-0.1, -0.05) is 44.5 Å². The number of imide groups is 1. The maximum absolute atomic E-state index is 14.2. The van der Waals surface area contributed by atoms with Crippen LogP contribution in [0.1, 0.15) is 147 Å². The molecule has 7 amide bonds. The van der Waals surface area contributed by atoms with Gasteiger partial charge in [0.15, 0.2) is 17.3 Å². The van der Waals surface area contributed by atoms with Gasteiger partial charge in [0, 0.05) is 99.3 Å². The number of ketones is 1. The van der Waals surface area contributed by atoms with Crippen molar-refractivity contribution in [3.05, 3.63) is 131 Å². The predicted octanol–water partition coefficient (Wildman–Crippen LogP) is 9.87. The molecular weight excluding hydrogens is 1110 g/mol. The van der Waals surface area contributed by atoms with Gasteiger partial charge in [-0.2, -0.15) is 0 Å². The molecule has 5 aliphatic rings. The molecule has 4 aromatic rings. The Morgan fingerprint density at radius 2 is 1.38 bits per heavy atom. The minimum absolute atomic E-state index is 0.0268. The number of nitrogens with one attached hydrogen (secondary N) is 3. The number of unbranched alkanes of at least 4 members (excludes halogenated alkanes) is 4. The summed E-state index contributed by atoms with van der Waals surface area (Å²) in [6.07, 6.45) is 15.9. The molecule has 0 fully saturated rings. The van der Waals surface area contributed by atoms with Gasteiger partial charge in [0.25, 0.3) is 23.6 Å². The van der Waals surface area contributed by atoms with Crippen LogP contribution in [0.4, 0.5) is 11.4 Å². The van der Waals surface area contributed by atoms with E-state index in [2.05, 4.69) is 16.0 Å². The molecule has 458 valence electrons. The summed E-state index contributed by atoms with van der Waals surface area (Å²) in [5.41, 5.74) is 8.05. The molecule has 0 spiro atoms. The van der Waals surface area contributed by atoms with Gasteiger partial charge in [0.2, 0.25) is 17.7 Å². The molecule has 2 unspecified atom stereocenters. The van der Waals surface area contributed by atoms with E-state index in [-0.39, 0.29) is 84.5 Å². The van der Waals surface area contributed by atoms with Crippen LogP contribution in [-0.4, -0.2) is 127 Å². The fraction of sp³-hybridized carbons (Fsp3) is 0.426. The van der Waals surface area contributed by atoms with Crippen molar-refractivity contribution in [1.82, 2.24) is 25.3 Å². The Labute approximate surface area is 508 Å². The minimum Gasteiger partial charge on any atom is -0.497 e. The number of nitrogens with zero attached hydrogens (tertiary/aromatic N) is 4. The summed E-state index contributed by atoms with van der Waals surface area (Å²) in [7, 11) is 3.20. The highest BCUT2D eigenvalue weighted by atomic mass is 16.5. The van der Waals surface area contributed by atoms with Crippen LogP contribution in [0.15, 0.2) is 102 Å². The Kier molecular flexibility index (Phi) is 20.9. The van der Waals surface area contributed by atoms with Gasteiger partial charge >= 0.3 is 0 Å². The molecule has 9 rings (SSSR count). The molecule has 4 aromatic carbocycles. The number of hydrogen-bond donors (Lipinski definition) is 3. The SMILES string of the molecule is COc1ccc(C2=CN3C(=O)c4cc(OC)c(OCCCCCOc5cc6c(cc5C)C(=O)N5C=C(c7ccc(NC(=O)C(CCCNC(C)=O)CC(=O)C(NC(=O)CCCCCN8C(=O)C=CC8=O)C(C)C)cc7)C[C@H]5CC6)cc4N=C[C@@H]3C2)cc1. The number of rotatable bonds is 29. The predicted molar refractivity (Wildman–Crippen MR) is 331 cm³/mol. The first kappa shape index (κ1) is 62.7. The van der Waals surface area contributed by atoms with Crippen LogP contribution in [-0.2, 0) is 35.2 Å². The molecule has 5 heterocycles. The number of carbonyl (C=O) groups excluding carboxylic acids is 8. The molecular formula is C68H79N7O12. The fourth-order valence-electron chi connectivity index (χ4n) is 11.8. The fourth-order valence-corrected chi connectivity index (χ4v) is 11.8. The topological polar surface area (TPSA) is 232 Å². The van der Waals surface area contributed by atoms with E-state index in [1.54, 1.807) is 31.3 Å². The summed E-state index contributed by atoms with van der Waals surface area (Å²) in [6, 6.07) is 21.7. The number of aliphatic imine (C=N–C) groups is 1. The molecule has 0 aliphatic carbocycles. The maximum Gasteiger partial charge on any atom is 0.260 e. The third kappa shape index (κ3) is 15.6. The first-order chi connectivity index (χ1) is 42.0. The van der Waals surface area contributed by atoms with E-state index >= 15 is 0 Å². The molecule has 4 atom stereocenters. The van der Waals surface area contributed by atoms with Crippen molar-refractivity contribution in [3.63, 3.8) is 0 Å². The molecule has 0 radical (unpaired) electrons. The number of fused-ring (bicyclic) bond motifs is 4. The summed E-state index contributed by atoms with van der Waals surface area (Å²) in [5, 5.41) is 8.63. The van der Waals surface area contributed by atoms with Crippen molar-refractivity contribution in [2.45, 2.75) is 136 Å². The van der Waals surface area contributed by atoms with Gasteiger partial charge in [-0.05, 0) is 153 Å². The molecule has 87 heavy (non-hydrogen) atoms. The van der Waals surface area contributed by atoms with E-state index in [9.17, 15) is 38.4 Å². The van der Waals surface area contributed by atoms with Gasteiger partial charge in [0.1, 0.15) is 11.5 Å². The van der Waals surface area contributed by atoms with Crippen LogP contribution in [0.5, 0.6) is 23.0 Å². The lowest BCUT2D eigenvalue weighted by Crippen LogP contribution is -2.45. The summed E-state index contributed by atoms with van der Waals surface area (Å²) in [5.74, 6) is -0.437. The number of benzene rings is 4. The zero-order valence-electron chi connectivity index (χ0n) is 50.6. The number of anilines is 1. The number of hydrogen-bond acceptors (Lipinski definition) is 13. The summed E-state index contributed by atoms with van der Waals surface area (Å²) >= 11 is 0. The molecule has 19 nitrogen and oxygen atoms in total. The Balaban J connectivity index is 0.732. The quantitative estimate of drug-likeness (QED) is 0.0341. The first-order valence-electron chi connectivity index (χ1n) is 30.4. The minimum atomic E-state index is -0.814. The van der Waals surface area contributed by atoms with E-state index in [0.29, 0.717) is 105 Å². The molecule has 5 aliphatic heterocycles. The third-order valence-corrected chi connectivity index (χ3v) is 16.7. The van der Waals surface area contributed by atoms with Gasteiger partial charge < -0.3 is 44.7 Å². The number of methoxy groups -OCH3 is 2. The van der Waals surface area contributed by atoms with E-state index < -0.39 is 12.0 Å². The molecule has 0 saturated carbocycles. The van der Waals surface area contributed by atoms with E-state index in [0.717, 1.165) is 70.6 Å². The van der Waals surface area contributed by atoms with E-state index in [4.69, 9.17) is 23.9 Å². The zero-order chi connectivity index (χ0) is 61.7. The average Bonchev–Trinajstić information content (AvgIpc) is 2.07. The summed E-state index contributed by atoms with van der Waals surface area (Å²) in [4.78, 5) is 114. The lowest BCUT2D eigenvalue weighted by molar-refractivity contribution is -0.137. The lowest BCUT2D eigenvalue weighted by Gasteiger charge is -2.24. The van der Waals surface area contributed by atoms with Crippen LogP contribution >= 0.6 is 0 Å². The number of Topliss-reactive ketones (excluding diaryl/α,β-unsaturated/α-hetero) is 1. The highest BCUT2D eigenvalue weighted by Crippen LogP contribution is 2.41. The largest absolute Gasteiger partial charge is 0.497 e. The Hall–Kier alpha value is -8.87. The standard InChI is InChI=1S/C68H79N7O12/c1-42(2)65(72-62(78)15-9-7-10-29-73-63(79)26-27-64(73)80)58(77)35-48(14-13-28-69-44(4)76)66(81)71-51-21-16-45(17-22-51)49-33-52-23-18-47-36-59(43(3)32-55(47)67(82)74(52)40-49)86-30-11-8-12-31-87-61-38-57-56(37-60(61)85-6)68(83)75-41-50(34-53(75)39-70-57)46-19-24-54(84-5)25-20-46/h16-17,19-22,24-27,32,36-42,48,52-53,65H,7-15,18,23,28-31,33-35H2,1-6H3,(H,69,76)(H,71,81)(H,72,78)/t48?,52-,53+,65?/m1/s1. The smallest absolute Gasteiger partial charge is 0.260 e. The van der Waals surface area contributed by atoms with Crippen molar-refractivity contribution < 1.29 is 57.3 Å². The highest BCUT2D eigenvalue weighted by Gasteiger charge is 2.37. The second-order valence-electron chi connectivity index (χ2n) is 23.3. The van der Waals surface area contributed by atoms with Gasteiger partial charge in [-0.15, -0.1) is 0 Å². The van der Waals surface area contributed by atoms with Gasteiger partial charge in [-0.3, -0.25) is 48.2 Å². The summed E-state index contributed by atoms with van der Waals surface area (Å²) < 4.78 is 23.5. The van der Waals surface area contributed by atoms with Gasteiger partial charge in [0.05, 0.1) is 50.8 Å². The highest BCUT2D eigenvalue weighted by molar-refractivity contribution is 6.13. The maximum atomic E-state index is 14.2. The van der Waals surface area contributed by atoms with Crippen molar-refractivity contribution in [1.29, 1.82) is 0 Å². The van der Waals surface area contributed by atoms with Crippen molar-refractivity contribution >= 4 is 75.9 Å². The number of amides is 7. The van der Waals surface area contributed by atoms with Crippen molar-refractivity contribution in [3.8, 4) is 23.0 Å². The number of carbonyl (C=O) groups is 8. The van der Waals surface area contributed by atoms with Gasteiger partial charge in [-0.25, -0.2) is 0 Å². The zero-order valence-corrected chi connectivity index (χ0v) is 50.6. The summed E-state index contributed by atoms with van der Waals surface area (Å²) in [6.45, 7) is 8.62. The Bertz CT molecular complexity index is 3370. The van der Waals surface area contributed by atoms with E-state index in [1.807, 2.05) is 105 Å². The third-order valence-electron chi connectivity index (χ3n) is 16.7. The molecule has 3 N–H and O–H groups in total. The lowest BCUT2D eigenvalue weighted by atomic mass is 9.89. The molecule has 0 bridgehead atoms. The second kappa shape index (κ2) is 29.0.